The van der Waals surface area contributed by atoms with Gasteiger partial charge in [-0.05, 0) is 62.6 Å². The Bertz CT molecular complexity index is 1260. The van der Waals surface area contributed by atoms with Gasteiger partial charge in [-0.25, -0.2) is 0 Å². The number of likely N-dealkylation sites (N-methyl/N-ethyl adjacent to an activating group) is 1. The summed E-state index contributed by atoms with van der Waals surface area (Å²) in [5, 5.41) is 19.7. The second kappa shape index (κ2) is 12.0. The molecular formula is C31H48N8O4. The molecule has 2 atom stereocenters. The van der Waals surface area contributed by atoms with Crippen molar-refractivity contribution in [1.82, 2.24) is 25.3 Å². The van der Waals surface area contributed by atoms with Gasteiger partial charge in [0.05, 0.1) is 25.4 Å². The maximum Gasteiger partial charge on any atom is 0.275 e. The van der Waals surface area contributed by atoms with Gasteiger partial charge in [0.2, 0.25) is 11.8 Å². The Labute approximate surface area is 254 Å². The summed E-state index contributed by atoms with van der Waals surface area (Å²) in [6, 6.07) is 4.54. The first-order valence-electron chi connectivity index (χ1n) is 16.0. The van der Waals surface area contributed by atoms with Gasteiger partial charge in [0.25, 0.3) is 5.91 Å². The molecule has 0 spiro atoms. The molecule has 4 aliphatic heterocycles. The lowest BCUT2D eigenvalue weighted by Gasteiger charge is -2.52. The maximum atomic E-state index is 13.6. The number of nitrogens with one attached hydrogen (secondary N) is 3. The second-order valence-electron chi connectivity index (χ2n) is 12.8. The number of hydrogen-bond acceptors (Lipinski definition) is 10. The first-order valence-corrected chi connectivity index (χ1v) is 16.0. The maximum absolute atomic E-state index is 13.6. The third kappa shape index (κ3) is 5.84. The van der Waals surface area contributed by atoms with E-state index in [1.54, 1.807) is 7.11 Å². The van der Waals surface area contributed by atoms with Crippen LogP contribution < -0.4 is 31.3 Å². The van der Waals surface area contributed by atoms with Crippen LogP contribution in [0.1, 0.15) is 63.9 Å². The standard InChI is InChI=1S/C31H48N8O4/c1-4-21-18-36(2)28-29(39(21)22-9-5-6-10-22)34-31(32,35-30(28)42)33-24-17-25-20(16-26(24)43-3)8-7-13-38(25)27(41)19-37-14-11-23(40)12-15-37/h16-17,21-23,33-34,40H,4-15,18-19,32H2,1-3H3,(H,35,42)/t21?,31-/m1/s1. The number of aryl methyl sites for hydroxylation is 1. The van der Waals surface area contributed by atoms with E-state index >= 15 is 0 Å². The molecule has 1 saturated carbocycles. The van der Waals surface area contributed by atoms with Crippen LogP contribution in [0.25, 0.3) is 0 Å². The van der Waals surface area contributed by atoms with E-state index in [0.717, 1.165) is 55.7 Å². The Hall–Kier alpha value is -3.22. The van der Waals surface area contributed by atoms with E-state index in [-0.39, 0.29) is 24.0 Å². The smallest absolute Gasteiger partial charge is 0.275 e. The molecule has 0 aromatic heterocycles. The van der Waals surface area contributed by atoms with Crippen molar-refractivity contribution in [2.45, 2.75) is 88.8 Å². The van der Waals surface area contributed by atoms with Crippen molar-refractivity contribution in [2.75, 3.05) is 57.1 Å². The molecule has 1 saturated heterocycles. The zero-order valence-electron chi connectivity index (χ0n) is 25.8. The molecule has 1 aromatic rings. The molecular weight excluding hydrogens is 548 g/mol. The molecule has 0 bridgehead atoms. The molecule has 12 heteroatoms. The Morgan fingerprint density at radius 1 is 1.14 bits per heavy atom. The van der Waals surface area contributed by atoms with Crippen LogP contribution in [0.3, 0.4) is 0 Å². The third-order valence-electron chi connectivity index (χ3n) is 9.84. The van der Waals surface area contributed by atoms with Crippen molar-refractivity contribution in [3.63, 3.8) is 0 Å². The average Bonchev–Trinajstić information content (AvgIpc) is 3.51. The summed E-state index contributed by atoms with van der Waals surface area (Å²) >= 11 is 0. The minimum atomic E-state index is -1.48. The monoisotopic (exact) mass is 596 g/mol. The van der Waals surface area contributed by atoms with Gasteiger partial charge >= 0.3 is 0 Å². The van der Waals surface area contributed by atoms with Crippen LogP contribution in [0, 0.1) is 0 Å². The molecule has 5 aliphatic rings. The number of aliphatic hydroxyl groups excluding tert-OH is 1. The first kappa shape index (κ1) is 29.8. The van der Waals surface area contributed by atoms with Gasteiger partial charge in [0.1, 0.15) is 17.3 Å². The summed E-state index contributed by atoms with van der Waals surface area (Å²) in [7, 11) is 3.58. The molecule has 0 radical (unpaired) electrons. The van der Waals surface area contributed by atoms with Crippen LogP contribution >= 0.6 is 0 Å². The molecule has 6 rings (SSSR count). The summed E-state index contributed by atoms with van der Waals surface area (Å²) in [5.74, 6) is -0.310. The Kier molecular flexibility index (Phi) is 8.36. The number of nitrogens with zero attached hydrogens (tertiary/aromatic N) is 4. The largest absolute Gasteiger partial charge is 0.495 e. The fourth-order valence-electron chi connectivity index (χ4n) is 7.60. The zero-order valence-corrected chi connectivity index (χ0v) is 25.8. The summed E-state index contributed by atoms with van der Waals surface area (Å²) in [6.07, 6.45) is 8.36. The van der Waals surface area contributed by atoms with E-state index in [4.69, 9.17) is 10.5 Å². The fourth-order valence-corrected chi connectivity index (χ4v) is 7.60. The number of hydrogen-bond donors (Lipinski definition) is 5. The van der Waals surface area contributed by atoms with Crippen molar-refractivity contribution in [3.05, 3.63) is 29.2 Å². The van der Waals surface area contributed by atoms with Crippen molar-refractivity contribution in [1.29, 1.82) is 0 Å². The number of ether oxygens (including phenoxy) is 1. The predicted molar refractivity (Wildman–Crippen MR) is 165 cm³/mol. The Balaban J connectivity index is 1.28. The molecule has 1 aromatic carbocycles. The molecule has 1 unspecified atom stereocenters. The van der Waals surface area contributed by atoms with E-state index in [0.29, 0.717) is 62.2 Å². The lowest BCUT2D eigenvalue weighted by atomic mass is 9.99. The molecule has 4 heterocycles. The van der Waals surface area contributed by atoms with E-state index in [2.05, 4.69) is 32.7 Å². The Morgan fingerprint density at radius 3 is 2.58 bits per heavy atom. The number of benzene rings is 1. The molecule has 6 N–H and O–H groups in total. The van der Waals surface area contributed by atoms with Crippen LogP contribution in [-0.4, -0.2) is 103 Å². The van der Waals surface area contributed by atoms with E-state index in [1.165, 1.54) is 12.8 Å². The number of piperidine rings is 1. The number of amides is 2. The van der Waals surface area contributed by atoms with Crippen molar-refractivity contribution in [2.24, 2.45) is 5.73 Å². The first-order chi connectivity index (χ1) is 20.7. The number of carbonyl (C=O) groups is 2. The lowest BCUT2D eigenvalue weighted by molar-refractivity contribution is -0.123. The van der Waals surface area contributed by atoms with Gasteiger partial charge in [-0.3, -0.25) is 25.5 Å². The quantitative estimate of drug-likeness (QED) is 0.293. The van der Waals surface area contributed by atoms with Crippen molar-refractivity contribution >= 4 is 23.2 Å². The topological polar surface area (TPSA) is 139 Å². The molecule has 43 heavy (non-hydrogen) atoms. The summed E-state index contributed by atoms with van der Waals surface area (Å²) in [5.41, 5.74) is 9.99. The number of nitrogens with two attached hydrogens (primary N) is 1. The highest BCUT2D eigenvalue weighted by molar-refractivity contribution is 5.97. The number of aliphatic hydroxyl groups is 1. The fraction of sp³-hybridized carbons (Fsp3) is 0.677. The van der Waals surface area contributed by atoms with Crippen molar-refractivity contribution < 1.29 is 19.4 Å². The summed E-state index contributed by atoms with van der Waals surface area (Å²) in [6.45, 7) is 5.37. The predicted octanol–water partition coefficient (Wildman–Crippen LogP) is 1.27. The number of likely N-dealkylation sites (tertiary alicyclic amines) is 1. The van der Waals surface area contributed by atoms with Gasteiger partial charge in [0.15, 0.2) is 0 Å². The van der Waals surface area contributed by atoms with Gasteiger partial charge in [-0.2, -0.15) is 0 Å². The lowest BCUT2D eigenvalue weighted by Crippen LogP contribution is -2.76. The van der Waals surface area contributed by atoms with E-state index in [9.17, 15) is 14.7 Å². The van der Waals surface area contributed by atoms with Gasteiger partial charge < -0.3 is 35.2 Å². The molecule has 236 valence electrons. The van der Waals surface area contributed by atoms with E-state index < -0.39 is 5.91 Å². The molecule has 2 amide bonds. The SMILES string of the molecule is CCC1CN(C)C2=C(N[C@@](N)(Nc3cc4c(cc3OC)CCCN4C(=O)CN3CCC(O)CC3)NC2=O)N1C1CCCC1. The van der Waals surface area contributed by atoms with Crippen LogP contribution in [0.2, 0.25) is 0 Å². The van der Waals surface area contributed by atoms with Crippen LogP contribution in [0.15, 0.2) is 23.7 Å². The second-order valence-corrected chi connectivity index (χ2v) is 12.8. The number of carbonyl (C=O) groups excluding carboxylic acids is 2. The Morgan fingerprint density at radius 2 is 1.88 bits per heavy atom. The van der Waals surface area contributed by atoms with Crippen LogP contribution in [-0.2, 0) is 16.0 Å². The highest BCUT2D eigenvalue weighted by Crippen LogP contribution is 2.39. The molecule has 2 fully saturated rings. The zero-order chi connectivity index (χ0) is 30.3. The summed E-state index contributed by atoms with van der Waals surface area (Å²) < 4.78 is 5.79. The molecule has 12 nitrogen and oxygen atoms in total. The highest BCUT2D eigenvalue weighted by atomic mass is 16.5. The number of rotatable bonds is 7. The number of fused-ring (bicyclic) bond motifs is 1. The summed E-state index contributed by atoms with van der Waals surface area (Å²) in [4.78, 5) is 35.6. The van der Waals surface area contributed by atoms with Gasteiger partial charge in [-0.1, -0.05) is 19.8 Å². The molecule has 1 aliphatic carbocycles. The minimum absolute atomic E-state index is 0.0397. The minimum Gasteiger partial charge on any atom is -0.495 e. The van der Waals surface area contributed by atoms with Crippen LogP contribution in [0.5, 0.6) is 5.75 Å². The average molecular weight is 597 g/mol. The normalized spacial score (nSPS) is 27.0. The van der Waals surface area contributed by atoms with Gasteiger partial charge in [-0.15, -0.1) is 0 Å². The van der Waals surface area contributed by atoms with E-state index in [1.807, 2.05) is 29.0 Å². The number of methoxy groups -OCH3 is 1. The van der Waals surface area contributed by atoms with Crippen LogP contribution in [0.4, 0.5) is 11.4 Å². The number of anilines is 2. The van der Waals surface area contributed by atoms with Gasteiger partial charge in [0, 0.05) is 51.0 Å². The highest BCUT2D eigenvalue weighted by Gasteiger charge is 2.46. The van der Waals surface area contributed by atoms with Crippen molar-refractivity contribution in [3.8, 4) is 5.75 Å². The third-order valence-corrected chi connectivity index (χ3v) is 9.84.